The molecule has 138 valence electrons. The van der Waals surface area contributed by atoms with Crippen LogP contribution in [0.25, 0.3) is 11.0 Å². The first-order chi connectivity index (χ1) is 13.1. The highest BCUT2D eigenvalue weighted by molar-refractivity contribution is 5.94. The molecule has 2 aromatic carbocycles. The van der Waals surface area contributed by atoms with Crippen molar-refractivity contribution in [1.82, 2.24) is 9.55 Å². The number of nitrogens with one attached hydrogen (secondary N) is 1. The van der Waals surface area contributed by atoms with Crippen molar-refractivity contribution < 1.29 is 19.4 Å². The summed E-state index contributed by atoms with van der Waals surface area (Å²) in [5.41, 5.74) is 8.47. The van der Waals surface area contributed by atoms with Crippen LogP contribution in [0.1, 0.15) is 11.7 Å². The SMILES string of the molecule is COc1cc([C@H]2N=C(N)Nc3nc4ccccc4n32)ccc1OCC(=O)O. The Hall–Kier alpha value is -3.75. The van der Waals surface area contributed by atoms with Crippen LogP contribution in [-0.4, -0.2) is 40.3 Å². The number of carboxylic acids is 1. The van der Waals surface area contributed by atoms with E-state index in [2.05, 4.69) is 15.3 Å². The molecule has 0 saturated heterocycles. The Kier molecular flexibility index (Phi) is 4.03. The molecule has 0 aliphatic carbocycles. The number of guanidine groups is 1. The van der Waals surface area contributed by atoms with Crippen molar-refractivity contribution in [2.75, 3.05) is 19.0 Å². The number of hydrogen-bond acceptors (Lipinski definition) is 7. The predicted molar refractivity (Wildman–Crippen MR) is 99.2 cm³/mol. The van der Waals surface area contributed by atoms with E-state index >= 15 is 0 Å². The maximum absolute atomic E-state index is 10.7. The quantitative estimate of drug-likeness (QED) is 0.628. The third-order valence-corrected chi connectivity index (χ3v) is 4.18. The summed E-state index contributed by atoms with van der Waals surface area (Å²) < 4.78 is 12.6. The monoisotopic (exact) mass is 367 g/mol. The lowest BCUT2D eigenvalue weighted by Crippen LogP contribution is -2.31. The van der Waals surface area contributed by atoms with Crippen molar-refractivity contribution in [2.24, 2.45) is 10.7 Å². The number of methoxy groups -OCH3 is 1. The van der Waals surface area contributed by atoms with E-state index in [1.807, 2.05) is 28.8 Å². The average Bonchev–Trinajstić information content (AvgIpc) is 3.03. The van der Waals surface area contributed by atoms with Gasteiger partial charge in [-0.3, -0.25) is 9.88 Å². The molecule has 2 heterocycles. The number of fused-ring (bicyclic) bond motifs is 3. The molecule has 0 spiro atoms. The number of hydrogen-bond donors (Lipinski definition) is 3. The number of nitrogens with two attached hydrogens (primary N) is 1. The summed E-state index contributed by atoms with van der Waals surface area (Å²) in [6, 6.07) is 12.9. The van der Waals surface area contributed by atoms with E-state index in [9.17, 15) is 4.79 Å². The van der Waals surface area contributed by atoms with Crippen molar-refractivity contribution >= 4 is 28.9 Å². The van der Waals surface area contributed by atoms with E-state index in [4.69, 9.17) is 20.3 Å². The van der Waals surface area contributed by atoms with Gasteiger partial charge in [0.05, 0.1) is 18.1 Å². The largest absolute Gasteiger partial charge is 0.493 e. The average molecular weight is 367 g/mol. The fourth-order valence-electron chi connectivity index (χ4n) is 3.04. The van der Waals surface area contributed by atoms with Crippen LogP contribution in [-0.2, 0) is 4.79 Å². The summed E-state index contributed by atoms with van der Waals surface area (Å²) in [4.78, 5) is 19.8. The molecule has 3 aromatic rings. The number of benzene rings is 2. The molecular weight excluding hydrogens is 350 g/mol. The highest BCUT2D eigenvalue weighted by Gasteiger charge is 2.26. The van der Waals surface area contributed by atoms with Gasteiger partial charge in [-0.2, -0.15) is 0 Å². The lowest BCUT2D eigenvalue weighted by Gasteiger charge is -2.24. The van der Waals surface area contributed by atoms with Gasteiger partial charge >= 0.3 is 5.97 Å². The number of carbonyl (C=O) groups is 1. The zero-order chi connectivity index (χ0) is 19.0. The number of aliphatic imine (C=N–C) groups is 1. The molecular formula is C18H17N5O4. The van der Waals surface area contributed by atoms with Crippen LogP contribution < -0.4 is 20.5 Å². The number of anilines is 1. The molecule has 4 N–H and O–H groups in total. The minimum absolute atomic E-state index is 0.257. The van der Waals surface area contributed by atoms with Crippen LogP contribution in [0.4, 0.5) is 5.95 Å². The first-order valence-electron chi connectivity index (χ1n) is 8.16. The number of carboxylic acid groups (broad SMARTS) is 1. The van der Waals surface area contributed by atoms with Gasteiger partial charge in [0.2, 0.25) is 5.95 Å². The number of ether oxygens (including phenoxy) is 2. The summed E-state index contributed by atoms with van der Waals surface area (Å²) >= 11 is 0. The normalized spacial score (nSPS) is 15.6. The van der Waals surface area contributed by atoms with Gasteiger partial charge < -0.3 is 20.3 Å². The van der Waals surface area contributed by atoms with Gasteiger partial charge in [0.15, 0.2) is 30.2 Å². The molecule has 9 heteroatoms. The van der Waals surface area contributed by atoms with E-state index in [-0.39, 0.29) is 5.96 Å². The predicted octanol–water partition coefficient (Wildman–Crippen LogP) is 1.80. The Balaban J connectivity index is 1.79. The second-order valence-electron chi connectivity index (χ2n) is 5.90. The smallest absolute Gasteiger partial charge is 0.341 e. The highest BCUT2D eigenvalue weighted by Crippen LogP contribution is 2.36. The second kappa shape index (κ2) is 6.52. The molecule has 1 atom stereocenters. The Morgan fingerprint density at radius 1 is 1.30 bits per heavy atom. The Morgan fingerprint density at radius 2 is 2.11 bits per heavy atom. The molecule has 9 nitrogen and oxygen atoms in total. The van der Waals surface area contributed by atoms with E-state index in [1.165, 1.54) is 7.11 Å². The first-order valence-corrected chi connectivity index (χ1v) is 8.16. The van der Waals surface area contributed by atoms with Crippen LogP contribution in [0.3, 0.4) is 0 Å². The zero-order valence-electron chi connectivity index (χ0n) is 14.4. The molecule has 0 saturated carbocycles. The third kappa shape index (κ3) is 2.99. The van der Waals surface area contributed by atoms with Crippen molar-refractivity contribution in [3.05, 3.63) is 48.0 Å². The number of nitrogens with zero attached hydrogens (tertiary/aromatic N) is 3. The summed E-state index contributed by atoms with van der Waals surface area (Å²) in [7, 11) is 1.49. The lowest BCUT2D eigenvalue weighted by atomic mass is 10.1. The third-order valence-electron chi connectivity index (χ3n) is 4.18. The minimum atomic E-state index is -1.06. The van der Waals surface area contributed by atoms with Gasteiger partial charge in [-0.05, 0) is 24.3 Å². The lowest BCUT2D eigenvalue weighted by molar-refractivity contribution is -0.139. The Bertz CT molecular complexity index is 1060. The molecule has 0 fully saturated rings. The van der Waals surface area contributed by atoms with E-state index < -0.39 is 18.7 Å². The van der Waals surface area contributed by atoms with Gasteiger partial charge in [-0.1, -0.05) is 18.2 Å². The minimum Gasteiger partial charge on any atom is -0.493 e. The summed E-state index contributed by atoms with van der Waals surface area (Å²) in [5, 5.41) is 11.8. The number of para-hydroxylation sites is 2. The fraction of sp³-hybridized carbons (Fsp3) is 0.167. The van der Waals surface area contributed by atoms with Crippen LogP contribution in [0, 0.1) is 0 Å². The van der Waals surface area contributed by atoms with E-state index in [0.29, 0.717) is 17.4 Å². The summed E-state index contributed by atoms with van der Waals surface area (Å²) in [5.74, 6) is 0.538. The Morgan fingerprint density at radius 3 is 2.89 bits per heavy atom. The molecule has 1 aromatic heterocycles. The molecule has 0 bridgehead atoms. The van der Waals surface area contributed by atoms with Gasteiger partial charge in [0.1, 0.15) is 0 Å². The summed E-state index contributed by atoms with van der Waals surface area (Å²) in [6.45, 7) is -0.454. The number of rotatable bonds is 5. The van der Waals surface area contributed by atoms with Crippen LogP contribution in [0.15, 0.2) is 47.5 Å². The number of aliphatic carboxylic acids is 1. The maximum Gasteiger partial charge on any atom is 0.341 e. The highest BCUT2D eigenvalue weighted by atomic mass is 16.5. The molecule has 4 rings (SSSR count). The van der Waals surface area contributed by atoms with Crippen molar-refractivity contribution in [3.8, 4) is 11.5 Å². The molecule has 0 radical (unpaired) electrons. The van der Waals surface area contributed by atoms with Crippen molar-refractivity contribution in [3.63, 3.8) is 0 Å². The zero-order valence-corrected chi connectivity index (χ0v) is 14.4. The molecule has 1 aliphatic rings. The summed E-state index contributed by atoms with van der Waals surface area (Å²) in [6.07, 6.45) is -0.448. The van der Waals surface area contributed by atoms with Gasteiger partial charge in [0.25, 0.3) is 0 Å². The fourth-order valence-corrected chi connectivity index (χ4v) is 3.04. The first kappa shape index (κ1) is 16.7. The Labute approximate surface area is 154 Å². The molecule has 1 aliphatic heterocycles. The van der Waals surface area contributed by atoms with E-state index in [1.54, 1.807) is 18.2 Å². The van der Waals surface area contributed by atoms with Crippen LogP contribution in [0.5, 0.6) is 11.5 Å². The number of imidazole rings is 1. The van der Waals surface area contributed by atoms with Crippen LogP contribution in [0.2, 0.25) is 0 Å². The molecule has 0 amide bonds. The number of aromatic nitrogens is 2. The van der Waals surface area contributed by atoms with Crippen molar-refractivity contribution in [2.45, 2.75) is 6.17 Å². The van der Waals surface area contributed by atoms with Gasteiger partial charge in [-0.25, -0.2) is 14.8 Å². The van der Waals surface area contributed by atoms with Gasteiger partial charge in [-0.15, -0.1) is 0 Å². The maximum atomic E-state index is 10.7. The van der Waals surface area contributed by atoms with E-state index in [0.717, 1.165) is 16.6 Å². The standard InChI is InChI=1S/C18H17N5O4/c1-26-14-8-10(6-7-13(14)27-9-15(24)25)16-21-17(19)22-18-20-11-4-2-3-5-12(11)23(16)18/h2-8,16H,9H2,1H3,(H,24,25)(H3,19,20,21,22)/t16-/m0/s1. The molecule has 0 unspecified atom stereocenters. The van der Waals surface area contributed by atoms with Crippen molar-refractivity contribution in [1.29, 1.82) is 0 Å². The van der Waals surface area contributed by atoms with Crippen LogP contribution >= 0.6 is 0 Å². The second-order valence-corrected chi connectivity index (χ2v) is 5.90. The molecule has 27 heavy (non-hydrogen) atoms. The topological polar surface area (TPSA) is 124 Å². The van der Waals surface area contributed by atoms with Gasteiger partial charge in [0, 0.05) is 5.56 Å².